The summed E-state index contributed by atoms with van der Waals surface area (Å²) < 4.78 is 7.96. The number of thiophene rings is 1. The van der Waals surface area contributed by atoms with Gasteiger partial charge in [0.1, 0.15) is 5.75 Å². The zero-order valence-corrected chi connectivity index (χ0v) is 15.1. The molecule has 0 saturated heterocycles. The van der Waals surface area contributed by atoms with E-state index >= 15 is 0 Å². The highest BCUT2D eigenvalue weighted by atomic mass is 32.1. The van der Waals surface area contributed by atoms with Crippen molar-refractivity contribution >= 4 is 43.8 Å². The van der Waals surface area contributed by atoms with Crippen LogP contribution in [0.1, 0.15) is 9.67 Å². The van der Waals surface area contributed by atoms with Crippen LogP contribution in [0, 0.1) is 0 Å². The normalized spacial score (nSPS) is 11.0. The van der Waals surface area contributed by atoms with Crippen LogP contribution < -0.4 is 10.1 Å². The Morgan fingerprint density at radius 3 is 2.96 bits per heavy atom. The average molecular weight is 370 g/mol. The van der Waals surface area contributed by atoms with Gasteiger partial charge in [-0.05, 0) is 29.7 Å². The van der Waals surface area contributed by atoms with Gasteiger partial charge in [0.05, 0.1) is 23.9 Å². The van der Waals surface area contributed by atoms with E-state index < -0.39 is 0 Å². The third-order valence-electron chi connectivity index (χ3n) is 3.68. The Kier molecular flexibility index (Phi) is 3.98. The minimum atomic E-state index is -0.160. The van der Waals surface area contributed by atoms with Gasteiger partial charge in [-0.1, -0.05) is 0 Å². The molecule has 1 amide bonds. The molecule has 0 unspecified atom stereocenters. The first-order valence-corrected chi connectivity index (χ1v) is 9.15. The maximum absolute atomic E-state index is 12.5. The minimum absolute atomic E-state index is 0.160. The van der Waals surface area contributed by atoms with Crippen LogP contribution in [-0.4, -0.2) is 27.8 Å². The Labute approximate surface area is 151 Å². The summed E-state index contributed by atoms with van der Waals surface area (Å²) in [7, 11) is 3.49. The van der Waals surface area contributed by atoms with Gasteiger partial charge in [-0.3, -0.25) is 14.8 Å². The van der Waals surface area contributed by atoms with Crippen molar-refractivity contribution in [3.63, 3.8) is 0 Å². The van der Waals surface area contributed by atoms with Gasteiger partial charge < -0.3 is 4.74 Å². The van der Waals surface area contributed by atoms with Crippen LogP contribution in [0.5, 0.6) is 5.75 Å². The summed E-state index contributed by atoms with van der Waals surface area (Å²) in [6, 6.07) is 7.65. The number of ether oxygens (including phenoxy) is 1. The molecule has 0 atom stereocenters. The van der Waals surface area contributed by atoms with Crippen LogP contribution in [0.15, 0.2) is 42.0 Å². The van der Waals surface area contributed by atoms with Gasteiger partial charge in [-0.2, -0.15) is 5.10 Å². The average Bonchev–Trinajstić information content (AvgIpc) is 3.32. The van der Waals surface area contributed by atoms with E-state index in [1.54, 1.807) is 18.0 Å². The van der Waals surface area contributed by atoms with E-state index in [1.165, 1.54) is 22.7 Å². The first-order valence-electron chi connectivity index (χ1n) is 7.46. The molecule has 25 heavy (non-hydrogen) atoms. The number of carbonyl (C=O) groups is 1. The molecule has 3 heterocycles. The number of nitrogens with one attached hydrogen (secondary N) is 1. The van der Waals surface area contributed by atoms with E-state index in [-0.39, 0.29) is 5.91 Å². The number of benzene rings is 1. The number of aromatic nitrogens is 3. The van der Waals surface area contributed by atoms with E-state index in [0.29, 0.717) is 10.0 Å². The second-order valence-corrected chi connectivity index (χ2v) is 7.35. The maximum Gasteiger partial charge on any atom is 0.267 e. The Bertz CT molecular complexity index is 1060. The van der Waals surface area contributed by atoms with E-state index in [4.69, 9.17) is 4.74 Å². The molecule has 0 bridgehead atoms. The quantitative estimate of drug-likeness (QED) is 0.589. The highest BCUT2D eigenvalue weighted by Crippen LogP contribution is 2.30. The molecule has 126 valence electrons. The summed E-state index contributed by atoms with van der Waals surface area (Å²) >= 11 is 2.83. The van der Waals surface area contributed by atoms with E-state index in [9.17, 15) is 4.79 Å². The standard InChI is InChI=1S/C17H14N4O2S2/c1-21-8-11(7-18-21)13-9-24-17(19-13)20-16(22)15-5-10-3-4-12(23-2)6-14(10)25-15/h3-9H,1-2H3,(H,19,20,22). The monoisotopic (exact) mass is 370 g/mol. The summed E-state index contributed by atoms with van der Waals surface area (Å²) in [5.74, 6) is 0.620. The number of methoxy groups -OCH3 is 1. The fraction of sp³-hybridized carbons (Fsp3) is 0.118. The van der Waals surface area contributed by atoms with Gasteiger partial charge in [0.25, 0.3) is 5.91 Å². The molecule has 8 heteroatoms. The Morgan fingerprint density at radius 1 is 1.32 bits per heavy atom. The van der Waals surface area contributed by atoms with Crippen molar-refractivity contribution in [2.75, 3.05) is 12.4 Å². The summed E-state index contributed by atoms with van der Waals surface area (Å²) in [6.45, 7) is 0. The summed E-state index contributed by atoms with van der Waals surface area (Å²) in [5, 5.41) is 10.5. The number of carbonyl (C=O) groups excluding carboxylic acids is 1. The van der Waals surface area contributed by atoms with Gasteiger partial charge in [0.15, 0.2) is 5.13 Å². The zero-order chi connectivity index (χ0) is 17.4. The number of hydrogen-bond acceptors (Lipinski definition) is 6. The lowest BCUT2D eigenvalue weighted by molar-refractivity contribution is 0.103. The Morgan fingerprint density at radius 2 is 2.20 bits per heavy atom. The Balaban J connectivity index is 1.55. The summed E-state index contributed by atoms with van der Waals surface area (Å²) in [6.07, 6.45) is 3.64. The lowest BCUT2D eigenvalue weighted by Crippen LogP contribution is -2.09. The molecule has 3 aromatic heterocycles. The van der Waals surface area contributed by atoms with Gasteiger partial charge in [0.2, 0.25) is 0 Å². The molecule has 0 fully saturated rings. The molecule has 6 nitrogen and oxygen atoms in total. The predicted octanol–water partition coefficient (Wildman–Crippen LogP) is 4.02. The van der Waals surface area contributed by atoms with E-state index in [1.807, 2.05) is 42.9 Å². The van der Waals surface area contributed by atoms with Crippen molar-refractivity contribution in [1.82, 2.24) is 14.8 Å². The molecular weight excluding hydrogens is 356 g/mol. The number of rotatable bonds is 4. The SMILES string of the molecule is COc1ccc2cc(C(=O)Nc3nc(-c4cnn(C)c4)cs3)sc2c1. The van der Waals surface area contributed by atoms with Crippen molar-refractivity contribution in [1.29, 1.82) is 0 Å². The molecule has 0 saturated carbocycles. The second kappa shape index (κ2) is 6.30. The Hall–Kier alpha value is -2.71. The highest BCUT2D eigenvalue weighted by Gasteiger charge is 2.14. The van der Waals surface area contributed by atoms with Gasteiger partial charge in [0, 0.05) is 28.9 Å². The van der Waals surface area contributed by atoms with Crippen LogP contribution in [0.2, 0.25) is 0 Å². The predicted molar refractivity (Wildman–Crippen MR) is 101 cm³/mol. The number of nitrogens with zero attached hydrogens (tertiary/aromatic N) is 3. The van der Waals surface area contributed by atoms with Crippen molar-refractivity contribution in [3.05, 3.63) is 46.9 Å². The van der Waals surface area contributed by atoms with Crippen molar-refractivity contribution in [3.8, 4) is 17.0 Å². The number of hydrogen-bond donors (Lipinski definition) is 1. The molecule has 0 spiro atoms. The van der Waals surface area contributed by atoms with Gasteiger partial charge in [-0.15, -0.1) is 22.7 Å². The molecule has 0 aliphatic carbocycles. The van der Waals surface area contributed by atoms with Crippen LogP contribution in [-0.2, 0) is 7.05 Å². The van der Waals surface area contributed by atoms with Crippen molar-refractivity contribution in [2.45, 2.75) is 0 Å². The molecule has 0 aliphatic rings. The summed E-state index contributed by atoms with van der Waals surface area (Å²) in [4.78, 5) is 17.6. The molecule has 1 aromatic carbocycles. The lowest BCUT2D eigenvalue weighted by Gasteiger charge is -1.97. The number of anilines is 1. The smallest absolute Gasteiger partial charge is 0.267 e. The maximum atomic E-state index is 12.5. The largest absolute Gasteiger partial charge is 0.497 e. The van der Waals surface area contributed by atoms with Gasteiger partial charge in [-0.25, -0.2) is 4.98 Å². The zero-order valence-electron chi connectivity index (χ0n) is 13.5. The molecule has 4 aromatic rings. The summed E-state index contributed by atoms with van der Waals surface area (Å²) in [5.41, 5.74) is 1.72. The number of aryl methyl sites for hydroxylation is 1. The number of thiazole rings is 1. The van der Waals surface area contributed by atoms with Crippen LogP contribution in [0.3, 0.4) is 0 Å². The fourth-order valence-corrected chi connectivity index (χ4v) is 4.13. The van der Waals surface area contributed by atoms with E-state index in [2.05, 4.69) is 15.4 Å². The first-order chi connectivity index (χ1) is 12.1. The highest BCUT2D eigenvalue weighted by molar-refractivity contribution is 7.21. The number of fused-ring (bicyclic) bond motifs is 1. The molecule has 0 radical (unpaired) electrons. The number of amides is 1. The lowest BCUT2D eigenvalue weighted by atomic mass is 10.2. The molecule has 4 rings (SSSR count). The first kappa shape index (κ1) is 15.8. The van der Waals surface area contributed by atoms with Crippen LogP contribution >= 0.6 is 22.7 Å². The molecule has 1 N–H and O–H groups in total. The molecule has 0 aliphatic heterocycles. The van der Waals surface area contributed by atoms with E-state index in [0.717, 1.165) is 27.1 Å². The molecular formula is C17H14N4O2S2. The van der Waals surface area contributed by atoms with Crippen LogP contribution in [0.25, 0.3) is 21.3 Å². The minimum Gasteiger partial charge on any atom is -0.497 e. The van der Waals surface area contributed by atoms with Gasteiger partial charge >= 0.3 is 0 Å². The van der Waals surface area contributed by atoms with Crippen molar-refractivity contribution in [2.24, 2.45) is 7.05 Å². The fourth-order valence-electron chi connectivity index (χ4n) is 2.43. The topological polar surface area (TPSA) is 69.0 Å². The van der Waals surface area contributed by atoms with Crippen LogP contribution in [0.4, 0.5) is 5.13 Å². The van der Waals surface area contributed by atoms with Crippen molar-refractivity contribution < 1.29 is 9.53 Å². The third kappa shape index (κ3) is 3.13. The third-order valence-corrected chi connectivity index (χ3v) is 5.53. The second-order valence-electron chi connectivity index (χ2n) is 5.41.